The summed E-state index contributed by atoms with van der Waals surface area (Å²) in [5, 5.41) is 88.9. The van der Waals surface area contributed by atoms with Gasteiger partial charge in [0.05, 0.1) is 52.5 Å². The van der Waals surface area contributed by atoms with Crippen LogP contribution < -0.4 is 5.32 Å². The summed E-state index contributed by atoms with van der Waals surface area (Å²) < 4.78 is 38.3. The van der Waals surface area contributed by atoms with Gasteiger partial charge in [0.25, 0.3) is 5.91 Å². The smallest absolute Gasteiger partial charge is 0.311 e. The van der Waals surface area contributed by atoms with Gasteiger partial charge in [-0.2, -0.15) is 0 Å². The Labute approximate surface area is 486 Å². The average molecular weight is 1170 g/mol. The van der Waals surface area contributed by atoms with Gasteiger partial charge in [-0.05, 0) is 150 Å². The number of methoxy groups -OCH3 is 1. The maximum atomic E-state index is 14.7. The van der Waals surface area contributed by atoms with Crippen LogP contribution in [0.15, 0.2) is 23.8 Å². The molecule has 0 aromatic heterocycles. The van der Waals surface area contributed by atoms with E-state index in [0.717, 1.165) is 5.57 Å². The fourth-order valence-electron chi connectivity index (χ4n) is 16.5. The summed E-state index contributed by atoms with van der Waals surface area (Å²) in [5.74, 6) is -4.70. The summed E-state index contributed by atoms with van der Waals surface area (Å²) in [6.07, 6.45) is -3.64. The molecule has 19 nitrogen and oxygen atoms in total. The number of allylic oxidation sites excluding steroid dienone is 4. The molecule has 7 aliphatic rings. The van der Waals surface area contributed by atoms with Gasteiger partial charge in [-0.1, -0.05) is 53.2 Å². The molecule has 3 heterocycles. The molecular weight excluding hydrogens is 1070 g/mol. The van der Waals surface area contributed by atoms with Crippen molar-refractivity contribution >= 4 is 29.3 Å². The largest absolute Gasteiger partial charge is 0.459 e. The van der Waals surface area contributed by atoms with Crippen molar-refractivity contribution in [2.24, 2.45) is 46.3 Å². The molecule has 0 radical (unpaired) electrons. The van der Waals surface area contributed by atoms with Crippen molar-refractivity contribution in [3.63, 3.8) is 0 Å². The molecule has 4 aliphatic carbocycles. The third-order valence-electron chi connectivity index (χ3n) is 21.5. The van der Waals surface area contributed by atoms with Crippen molar-refractivity contribution in [2.75, 3.05) is 40.8 Å². The number of amides is 1. The van der Waals surface area contributed by atoms with Crippen molar-refractivity contribution in [1.82, 2.24) is 15.1 Å². The number of carbonyl (C=O) groups excluding carboxylic acids is 3. The fraction of sp³-hybridized carbons (Fsp3) is 0.885. The van der Waals surface area contributed by atoms with Gasteiger partial charge >= 0.3 is 5.97 Å². The third-order valence-corrected chi connectivity index (χ3v) is 22.4. The van der Waals surface area contributed by atoms with Crippen molar-refractivity contribution in [1.29, 1.82) is 0 Å². The maximum Gasteiger partial charge on any atom is 0.311 e. The Hall–Kier alpha value is -2.18. The first-order valence-electron chi connectivity index (χ1n) is 30.1. The van der Waals surface area contributed by atoms with Gasteiger partial charge in [0.2, 0.25) is 0 Å². The van der Waals surface area contributed by atoms with Gasteiger partial charge in [-0.3, -0.25) is 19.3 Å². The molecule has 0 spiro atoms. The second-order valence-electron chi connectivity index (χ2n) is 27.5. The van der Waals surface area contributed by atoms with E-state index in [0.29, 0.717) is 32.1 Å². The van der Waals surface area contributed by atoms with Crippen LogP contribution in [0.5, 0.6) is 0 Å². The molecule has 26 atom stereocenters. The highest BCUT2D eigenvalue weighted by atomic mass is 35.5. The lowest BCUT2D eigenvalue weighted by Gasteiger charge is -2.63. The number of carbonyl (C=O) groups is 3. The number of cyclic esters (lactones) is 1. The summed E-state index contributed by atoms with van der Waals surface area (Å²) in [6, 6.07) is -1.14. The number of aliphatic hydroxyl groups is 7. The summed E-state index contributed by atoms with van der Waals surface area (Å²) in [4.78, 5) is 44.6. The molecule has 8 N–H and O–H groups in total. The minimum Gasteiger partial charge on any atom is -0.459 e. The zero-order chi connectivity index (χ0) is 60.5. The lowest BCUT2D eigenvalue weighted by molar-refractivity contribution is -0.318. The Balaban J connectivity index is 1.16. The van der Waals surface area contributed by atoms with Crippen LogP contribution in [0.25, 0.3) is 0 Å². The number of alkyl halides is 1. The van der Waals surface area contributed by atoms with E-state index < -0.39 is 135 Å². The zero-order valence-electron chi connectivity index (χ0n) is 51.3. The second kappa shape index (κ2) is 24.5. The number of halogens is 1. The molecule has 6 fully saturated rings. The number of hydrogen-bond acceptors (Lipinski definition) is 18. The summed E-state index contributed by atoms with van der Waals surface area (Å²) in [6.45, 7) is 23.7. The Morgan fingerprint density at radius 2 is 1.57 bits per heavy atom. The van der Waals surface area contributed by atoms with Crippen molar-refractivity contribution in [3.8, 4) is 0 Å². The molecule has 3 saturated heterocycles. The van der Waals surface area contributed by atoms with E-state index in [1.54, 1.807) is 54.5 Å². The van der Waals surface area contributed by atoms with E-state index in [1.165, 1.54) is 20.1 Å². The molecule has 81 heavy (non-hydrogen) atoms. The standard InChI is InChI=1S/C61H102ClN3O16/c1-17-45-59(13,74)49(69)37(7)65(24-18-23-63-54(72)61(75)33(3)25-42-41-20-19-39-27-40(66)21-22-55(39,9)60(41,62)44(67)29-56(42,61)10)31-32(2)28-57(11,73)51(81-53-47(68)43(64(14)15)26-34(4)77-53)35(5)48(36(6)52(71)79-45)80-46-30-58(12,76-16)50(70)38(8)78-46/h21-22,27,32-38,41-51,53,67-70,73-75H,17-20,23-26,28-31H2,1-16H3,(H,63,72)/t32-,33+,34-,35+,36?,37-,38?,41?,42?,43-,44+,45-,46-,47-,48+,49-,50-,51-,53+,55+,56+,57-,58+,59-,60+,61+/m1/s1. The van der Waals surface area contributed by atoms with E-state index in [4.69, 9.17) is 40.0 Å². The molecule has 20 heteroatoms. The lowest BCUT2D eigenvalue weighted by Crippen LogP contribution is -2.69. The van der Waals surface area contributed by atoms with Gasteiger partial charge in [0.1, 0.15) is 30.0 Å². The number of esters is 1. The number of hydrogen-bond donors (Lipinski definition) is 8. The van der Waals surface area contributed by atoms with Crippen LogP contribution in [0, 0.1) is 46.3 Å². The number of aliphatic hydroxyl groups excluding tert-OH is 4. The van der Waals surface area contributed by atoms with Crippen LogP contribution in [0.2, 0.25) is 0 Å². The van der Waals surface area contributed by atoms with Gasteiger partial charge in [-0.15, -0.1) is 11.6 Å². The first-order valence-corrected chi connectivity index (χ1v) is 30.5. The van der Waals surface area contributed by atoms with Crippen LogP contribution in [0.3, 0.4) is 0 Å². The molecule has 0 bridgehead atoms. The molecule has 7 rings (SSSR count). The van der Waals surface area contributed by atoms with Gasteiger partial charge in [0.15, 0.2) is 24.0 Å². The lowest BCUT2D eigenvalue weighted by atomic mass is 9.45. The van der Waals surface area contributed by atoms with Crippen molar-refractivity contribution in [3.05, 3.63) is 23.8 Å². The normalized spacial score (nSPS) is 50.3. The topological polar surface area (TPSA) is 267 Å². The highest BCUT2D eigenvalue weighted by Gasteiger charge is 2.75. The van der Waals surface area contributed by atoms with Crippen LogP contribution in [0.4, 0.5) is 0 Å². The Morgan fingerprint density at radius 1 is 0.901 bits per heavy atom. The maximum absolute atomic E-state index is 14.7. The number of fused-ring (bicyclic) bond motifs is 5. The first kappa shape index (κ1) is 66.3. The molecule has 0 aromatic rings. The van der Waals surface area contributed by atoms with Gasteiger partial charge in [-0.25, -0.2) is 0 Å². The monoisotopic (exact) mass is 1170 g/mol. The highest BCUT2D eigenvalue weighted by Crippen LogP contribution is 2.71. The number of nitrogens with zero attached hydrogens (tertiary/aromatic N) is 2. The predicted octanol–water partition coefficient (Wildman–Crippen LogP) is 4.39. The fourth-order valence-corrected chi connectivity index (χ4v) is 17.1. The predicted molar refractivity (Wildman–Crippen MR) is 303 cm³/mol. The van der Waals surface area contributed by atoms with E-state index in [9.17, 15) is 50.1 Å². The Bertz CT molecular complexity index is 2310. The Morgan fingerprint density at radius 3 is 2.20 bits per heavy atom. The summed E-state index contributed by atoms with van der Waals surface area (Å²) >= 11 is 7.67. The van der Waals surface area contributed by atoms with E-state index >= 15 is 0 Å². The number of ether oxygens (including phenoxy) is 6. The highest BCUT2D eigenvalue weighted by molar-refractivity contribution is 6.26. The molecule has 4 unspecified atom stereocenters. The van der Waals surface area contributed by atoms with Gasteiger partial charge < -0.3 is 74.4 Å². The summed E-state index contributed by atoms with van der Waals surface area (Å²) in [7, 11) is 5.22. The second-order valence-corrected chi connectivity index (χ2v) is 28.1. The van der Waals surface area contributed by atoms with Crippen LogP contribution in [-0.4, -0.2) is 211 Å². The SMILES string of the molecule is CC[C@H]1OC(=O)C(C)[C@@H](O[C@@H]2C[C@](C)(OC)[C@H](O)C(C)O2)[C@H](C)[C@@H](O[C@@H]2O[C@H](C)C[C@@H](N(C)C)[C@H]2O)[C@](C)(O)C[C@@H](C)CN(CCCNC(=O)[C@@]2(O)[C@@H](C)CC3C4CCC5=CC(=O)C=C[C@]5(C)[C@@]4(Cl)[C@@H](O)C[C@@]32C)[C@H](C)[C@@H](O)[C@]1(C)O. The average Bonchev–Trinajstić information content (AvgIpc) is 2.79. The zero-order valence-corrected chi connectivity index (χ0v) is 52.0. The Kier molecular flexibility index (Phi) is 20.1. The first-order chi connectivity index (χ1) is 37.5. The molecule has 1 amide bonds. The van der Waals surface area contributed by atoms with Gasteiger partial charge in [0, 0.05) is 62.0 Å². The van der Waals surface area contributed by atoms with Crippen LogP contribution in [-0.2, 0) is 42.8 Å². The van der Waals surface area contributed by atoms with Crippen molar-refractivity contribution in [2.45, 2.75) is 255 Å². The number of nitrogens with one attached hydrogen (secondary N) is 1. The quantitative estimate of drug-likeness (QED) is 0.0765. The summed E-state index contributed by atoms with van der Waals surface area (Å²) in [5.41, 5.74) is -7.62. The van der Waals surface area contributed by atoms with E-state index in [-0.39, 0.29) is 81.0 Å². The molecule has 464 valence electrons. The number of ketones is 1. The molecular formula is C61H102ClN3O16. The third kappa shape index (κ3) is 11.9. The number of likely N-dealkylation sites (N-methyl/N-ethyl adjacent to an activating group) is 1. The van der Waals surface area contributed by atoms with E-state index in [1.807, 2.05) is 64.6 Å². The van der Waals surface area contributed by atoms with Crippen LogP contribution in [0.1, 0.15) is 148 Å². The number of rotatable bonds is 12. The molecule has 0 aromatic carbocycles. The molecule has 3 aliphatic heterocycles. The molecule has 3 saturated carbocycles. The van der Waals surface area contributed by atoms with Crippen molar-refractivity contribution < 1.29 is 78.6 Å². The van der Waals surface area contributed by atoms with E-state index in [2.05, 4.69) is 5.32 Å². The minimum absolute atomic E-state index is 0.0723. The van der Waals surface area contributed by atoms with Crippen LogP contribution >= 0.6 is 11.6 Å². The minimum atomic E-state index is -2.00.